The van der Waals surface area contributed by atoms with Gasteiger partial charge in [-0.1, -0.05) is 6.92 Å². The summed E-state index contributed by atoms with van der Waals surface area (Å²) < 4.78 is 0. The molecule has 0 unspecified atom stereocenters. The van der Waals surface area contributed by atoms with Crippen molar-refractivity contribution < 1.29 is 9.72 Å². The molecule has 0 radical (unpaired) electrons. The lowest BCUT2D eigenvalue weighted by Gasteiger charge is -2.30. The van der Waals surface area contributed by atoms with E-state index in [1.54, 1.807) is 17.3 Å². The number of rotatable bonds is 6. The van der Waals surface area contributed by atoms with Crippen LogP contribution in [0.25, 0.3) is 0 Å². The number of hydrogen-bond acceptors (Lipinski definition) is 5. The quantitative estimate of drug-likeness (QED) is 0.646. The minimum atomic E-state index is -0.570. The van der Waals surface area contributed by atoms with Gasteiger partial charge in [0, 0.05) is 25.1 Å². The van der Waals surface area contributed by atoms with E-state index in [9.17, 15) is 14.9 Å². The lowest BCUT2D eigenvalue weighted by Crippen LogP contribution is -2.38. The van der Waals surface area contributed by atoms with Crippen LogP contribution in [0, 0.1) is 10.1 Å². The second-order valence-electron chi connectivity index (χ2n) is 5.07. The van der Waals surface area contributed by atoms with Gasteiger partial charge in [0.05, 0.1) is 11.0 Å². The Morgan fingerprint density at radius 2 is 1.92 bits per heavy atom. The van der Waals surface area contributed by atoms with Gasteiger partial charge in [0.15, 0.2) is 0 Å². The van der Waals surface area contributed by atoms with Crippen LogP contribution in [0.3, 0.4) is 0 Å². The molecule has 24 heavy (non-hydrogen) atoms. The molecule has 8 heteroatoms. The van der Waals surface area contributed by atoms with E-state index >= 15 is 0 Å². The Bertz CT molecular complexity index is 708. The molecule has 2 aromatic rings. The summed E-state index contributed by atoms with van der Waals surface area (Å²) in [6, 6.07) is 4.60. The van der Waals surface area contributed by atoms with Crippen LogP contribution < -0.4 is 5.32 Å². The third-order valence-corrected chi connectivity index (χ3v) is 3.69. The molecule has 126 valence electrons. The van der Waals surface area contributed by atoms with Gasteiger partial charge in [-0.05, 0) is 37.1 Å². The normalized spacial score (nSPS) is 11.6. The van der Waals surface area contributed by atoms with E-state index in [1.165, 1.54) is 12.3 Å². The highest BCUT2D eigenvalue weighted by atomic mass is 16.6. The Morgan fingerprint density at radius 3 is 2.50 bits per heavy atom. The first-order chi connectivity index (χ1) is 11.6. The van der Waals surface area contributed by atoms with Gasteiger partial charge in [-0.3, -0.25) is 20.1 Å². The molecule has 0 aliphatic carbocycles. The van der Waals surface area contributed by atoms with Crippen molar-refractivity contribution in [2.75, 3.05) is 11.9 Å². The predicted molar refractivity (Wildman–Crippen MR) is 89.6 cm³/mol. The van der Waals surface area contributed by atoms with E-state index in [2.05, 4.69) is 15.3 Å². The Kier molecular flexibility index (Phi) is 5.78. The average Bonchev–Trinajstić information content (AvgIpc) is 2.60. The molecule has 0 bridgehead atoms. The van der Waals surface area contributed by atoms with E-state index in [-0.39, 0.29) is 17.4 Å². The second-order valence-corrected chi connectivity index (χ2v) is 5.07. The van der Waals surface area contributed by atoms with E-state index in [0.717, 1.165) is 11.8 Å². The van der Waals surface area contributed by atoms with Crippen LogP contribution in [0.5, 0.6) is 0 Å². The standard InChI is InChI=1S/C16H19N5O3/c1-3-14(12-5-8-17-9-6-12)20(4-2)16(22)19-13-7-10-18-11-15(13)21(23)24/h5-11,14H,3-4H2,1-2H3,(H,18,19,22)/t14-/m0/s1. The molecule has 8 nitrogen and oxygen atoms in total. The molecule has 2 heterocycles. The number of anilines is 1. The van der Waals surface area contributed by atoms with Crippen molar-refractivity contribution in [3.8, 4) is 0 Å². The zero-order chi connectivity index (χ0) is 17.5. The maximum absolute atomic E-state index is 12.6. The van der Waals surface area contributed by atoms with Gasteiger partial charge in [-0.25, -0.2) is 4.79 Å². The van der Waals surface area contributed by atoms with E-state index in [4.69, 9.17) is 0 Å². The second kappa shape index (κ2) is 8.00. The molecule has 1 atom stereocenters. The fourth-order valence-corrected chi connectivity index (χ4v) is 2.55. The highest BCUT2D eigenvalue weighted by molar-refractivity contribution is 5.91. The minimum absolute atomic E-state index is 0.128. The highest BCUT2D eigenvalue weighted by Gasteiger charge is 2.24. The van der Waals surface area contributed by atoms with Gasteiger partial charge in [-0.15, -0.1) is 0 Å². The van der Waals surface area contributed by atoms with Crippen LogP contribution in [0.1, 0.15) is 31.9 Å². The van der Waals surface area contributed by atoms with Crippen molar-refractivity contribution in [3.05, 3.63) is 58.7 Å². The van der Waals surface area contributed by atoms with Crippen molar-refractivity contribution in [1.82, 2.24) is 14.9 Å². The van der Waals surface area contributed by atoms with Crippen molar-refractivity contribution >= 4 is 17.4 Å². The summed E-state index contributed by atoms with van der Waals surface area (Å²) in [5.74, 6) is 0. The smallest absolute Gasteiger partial charge is 0.318 e. The summed E-state index contributed by atoms with van der Waals surface area (Å²) in [5.41, 5.74) is 0.857. The number of nitrogens with zero attached hydrogens (tertiary/aromatic N) is 4. The maximum atomic E-state index is 12.6. The number of nitro groups is 1. The topological polar surface area (TPSA) is 101 Å². The van der Waals surface area contributed by atoms with Crippen LogP contribution in [0.2, 0.25) is 0 Å². The molecule has 2 aromatic heterocycles. The average molecular weight is 329 g/mol. The van der Waals surface area contributed by atoms with Crippen molar-refractivity contribution in [2.45, 2.75) is 26.3 Å². The number of nitrogens with one attached hydrogen (secondary N) is 1. The van der Waals surface area contributed by atoms with Crippen molar-refractivity contribution in [3.63, 3.8) is 0 Å². The van der Waals surface area contributed by atoms with Gasteiger partial charge in [-0.2, -0.15) is 0 Å². The summed E-state index contributed by atoms with van der Waals surface area (Å²) in [6.45, 7) is 4.31. The fraction of sp³-hybridized carbons (Fsp3) is 0.312. The number of hydrogen-bond donors (Lipinski definition) is 1. The molecule has 0 saturated carbocycles. The Hall–Kier alpha value is -3.03. The first-order valence-corrected chi connectivity index (χ1v) is 7.64. The number of carbonyl (C=O) groups is 1. The fourth-order valence-electron chi connectivity index (χ4n) is 2.55. The largest absolute Gasteiger partial charge is 0.322 e. The zero-order valence-electron chi connectivity index (χ0n) is 13.5. The van der Waals surface area contributed by atoms with Crippen LogP contribution >= 0.6 is 0 Å². The van der Waals surface area contributed by atoms with Gasteiger partial charge in [0.2, 0.25) is 0 Å². The van der Waals surface area contributed by atoms with Crippen molar-refractivity contribution in [1.29, 1.82) is 0 Å². The molecule has 0 spiro atoms. The van der Waals surface area contributed by atoms with E-state index < -0.39 is 11.0 Å². The summed E-state index contributed by atoms with van der Waals surface area (Å²) in [7, 11) is 0. The molecule has 1 N–H and O–H groups in total. The lowest BCUT2D eigenvalue weighted by atomic mass is 10.0. The molecule has 2 rings (SSSR count). The number of carbonyl (C=O) groups excluding carboxylic acids is 1. The van der Waals surface area contributed by atoms with Crippen LogP contribution in [-0.2, 0) is 0 Å². The first kappa shape index (κ1) is 17.3. The SMILES string of the molecule is CC[C@@H](c1ccncc1)N(CC)C(=O)Nc1ccncc1[N+](=O)[O-]. The van der Waals surface area contributed by atoms with Gasteiger partial charge in [0.1, 0.15) is 11.9 Å². The molecule has 0 saturated heterocycles. The number of amides is 2. The van der Waals surface area contributed by atoms with Crippen LogP contribution in [0.4, 0.5) is 16.2 Å². The summed E-state index contributed by atoms with van der Waals surface area (Å²) in [4.78, 5) is 32.5. The Balaban J connectivity index is 2.24. The van der Waals surface area contributed by atoms with Gasteiger partial charge >= 0.3 is 11.7 Å². The summed E-state index contributed by atoms with van der Waals surface area (Å²) in [5, 5.41) is 13.7. The molecule has 0 aliphatic rings. The monoisotopic (exact) mass is 329 g/mol. The van der Waals surface area contributed by atoms with Gasteiger partial charge in [0.25, 0.3) is 0 Å². The number of urea groups is 1. The molecule has 0 aliphatic heterocycles. The first-order valence-electron chi connectivity index (χ1n) is 7.64. The highest BCUT2D eigenvalue weighted by Crippen LogP contribution is 2.26. The maximum Gasteiger partial charge on any atom is 0.322 e. The van der Waals surface area contributed by atoms with Gasteiger partial charge < -0.3 is 10.2 Å². The van der Waals surface area contributed by atoms with Crippen LogP contribution in [0.15, 0.2) is 43.0 Å². The molecule has 0 aromatic carbocycles. The number of aromatic nitrogens is 2. The lowest BCUT2D eigenvalue weighted by molar-refractivity contribution is -0.384. The van der Waals surface area contributed by atoms with Crippen molar-refractivity contribution in [2.24, 2.45) is 0 Å². The number of pyridine rings is 2. The zero-order valence-corrected chi connectivity index (χ0v) is 13.5. The molecular formula is C16H19N5O3. The molecule has 2 amide bonds. The summed E-state index contributed by atoms with van der Waals surface area (Å²) >= 11 is 0. The minimum Gasteiger partial charge on any atom is -0.318 e. The van der Waals surface area contributed by atoms with E-state index in [1.807, 2.05) is 26.0 Å². The third kappa shape index (κ3) is 3.83. The van der Waals surface area contributed by atoms with E-state index in [0.29, 0.717) is 13.0 Å². The Morgan fingerprint density at radius 1 is 1.25 bits per heavy atom. The molecule has 0 fully saturated rings. The third-order valence-electron chi connectivity index (χ3n) is 3.69. The Labute approximate surface area is 139 Å². The summed E-state index contributed by atoms with van der Waals surface area (Å²) in [6.07, 6.45) is 6.59. The predicted octanol–water partition coefficient (Wildman–Crippen LogP) is 3.39. The van der Waals surface area contributed by atoms with Crippen LogP contribution in [-0.4, -0.2) is 32.4 Å². The molecular weight excluding hydrogens is 310 g/mol.